The molecule has 2 N–H and O–H groups in total. The van der Waals surface area contributed by atoms with E-state index in [4.69, 9.17) is 5.73 Å². The lowest BCUT2D eigenvalue weighted by molar-refractivity contribution is -0.136. The molecule has 2 unspecified atom stereocenters. The molecule has 2 atom stereocenters. The van der Waals surface area contributed by atoms with Crippen LogP contribution in [-0.4, -0.2) is 30.4 Å². The van der Waals surface area contributed by atoms with E-state index >= 15 is 0 Å². The van der Waals surface area contributed by atoms with Crippen molar-refractivity contribution in [3.63, 3.8) is 0 Å². The van der Waals surface area contributed by atoms with Gasteiger partial charge < -0.3 is 10.6 Å². The largest absolute Gasteiger partial charge is 0.345 e. The Labute approximate surface area is 99.4 Å². The van der Waals surface area contributed by atoms with Crippen molar-refractivity contribution in [2.75, 3.05) is 13.6 Å². The number of hydrogen-bond acceptors (Lipinski definition) is 2. The molecule has 3 heteroatoms. The van der Waals surface area contributed by atoms with Crippen molar-refractivity contribution < 1.29 is 4.79 Å². The number of rotatable bonds is 2. The van der Waals surface area contributed by atoms with Crippen LogP contribution in [0.25, 0.3) is 0 Å². The maximum Gasteiger partial charge on any atom is 0.227 e. The van der Waals surface area contributed by atoms with Crippen molar-refractivity contribution in [1.29, 1.82) is 0 Å². The van der Waals surface area contributed by atoms with Crippen LogP contribution in [0.2, 0.25) is 0 Å². The van der Waals surface area contributed by atoms with E-state index in [-0.39, 0.29) is 23.3 Å². The highest BCUT2D eigenvalue weighted by Crippen LogP contribution is 2.25. The van der Waals surface area contributed by atoms with Crippen LogP contribution in [0.3, 0.4) is 0 Å². The van der Waals surface area contributed by atoms with Crippen LogP contribution in [0.15, 0.2) is 0 Å². The van der Waals surface area contributed by atoms with Crippen LogP contribution in [0.1, 0.15) is 46.5 Å². The molecule has 0 heterocycles. The minimum absolute atomic E-state index is 0.0566. The maximum absolute atomic E-state index is 12.2. The zero-order chi connectivity index (χ0) is 12.3. The number of nitrogens with zero attached hydrogens (tertiary/aromatic N) is 1. The van der Waals surface area contributed by atoms with E-state index in [1.807, 2.05) is 11.9 Å². The average Bonchev–Trinajstić information content (AvgIpc) is 2.15. The van der Waals surface area contributed by atoms with Crippen LogP contribution >= 0.6 is 0 Å². The predicted molar refractivity (Wildman–Crippen MR) is 67.0 cm³/mol. The van der Waals surface area contributed by atoms with Gasteiger partial charge in [-0.25, -0.2) is 0 Å². The summed E-state index contributed by atoms with van der Waals surface area (Å²) in [7, 11) is 1.90. The van der Waals surface area contributed by atoms with Gasteiger partial charge in [0.25, 0.3) is 0 Å². The van der Waals surface area contributed by atoms with Crippen molar-refractivity contribution in [3.05, 3.63) is 0 Å². The molecule has 0 saturated heterocycles. The smallest absolute Gasteiger partial charge is 0.227 e. The first-order valence-corrected chi connectivity index (χ1v) is 6.32. The molecule has 0 spiro atoms. The third kappa shape index (κ3) is 3.78. The van der Waals surface area contributed by atoms with E-state index in [9.17, 15) is 4.79 Å². The topological polar surface area (TPSA) is 46.3 Å². The predicted octanol–water partition coefficient (Wildman–Crippen LogP) is 2.01. The molecule has 0 aromatic heterocycles. The fraction of sp³-hybridized carbons (Fsp3) is 0.923. The number of carbonyl (C=O) groups excluding carboxylic acids is 1. The van der Waals surface area contributed by atoms with Gasteiger partial charge in [0.2, 0.25) is 5.91 Å². The van der Waals surface area contributed by atoms with E-state index in [1.165, 1.54) is 6.42 Å². The van der Waals surface area contributed by atoms with Gasteiger partial charge in [0.1, 0.15) is 0 Å². The monoisotopic (exact) mass is 226 g/mol. The van der Waals surface area contributed by atoms with Gasteiger partial charge in [-0.05, 0) is 18.3 Å². The van der Waals surface area contributed by atoms with Gasteiger partial charge in [0.05, 0.1) is 5.92 Å². The number of carbonyl (C=O) groups is 1. The first-order chi connectivity index (χ1) is 7.31. The van der Waals surface area contributed by atoms with Gasteiger partial charge >= 0.3 is 0 Å². The van der Waals surface area contributed by atoms with Crippen molar-refractivity contribution in [2.45, 2.75) is 52.5 Å². The highest BCUT2D eigenvalue weighted by Gasteiger charge is 2.31. The Morgan fingerprint density at radius 2 is 1.88 bits per heavy atom. The number of amides is 1. The highest BCUT2D eigenvalue weighted by atomic mass is 16.2. The van der Waals surface area contributed by atoms with Crippen LogP contribution in [0.5, 0.6) is 0 Å². The third-order valence-corrected chi connectivity index (χ3v) is 3.22. The molecule has 1 rings (SSSR count). The van der Waals surface area contributed by atoms with Crippen molar-refractivity contribution in [2.24, 2.45) is 17.1 Å². The lowest BCUT2D eigenvalue weighted by Gasteiger charge is -2.33. The second kappa shape index (κ2) is 5.17. The first kappa shape index (κ1) is 13.5. The van der Waals surface area contributed by atoms with Gasteiger partial charge in [0.15, 0.2) is 0 Å². The summed E-state index contributed by atoms with van der Waals surface area (Å²) in [6.45, 7) is 7.25. The summed E-state index contributed by atoms with van der Waals surface area (Å²) in [5.74, 6) is 0.295. The Balaban J connectivity index is 2.55. The second-order valence-electron chi connectivity index (χ2n) is 6.31. The molecule has 3 nitrogen and oxygen atoms in total. The molecule has 0 aromatic rings. The molecule has 0 radical (unpaired) electrons. The summed E-state index contributed by atoms with van der Waals surface area (Å²) in [5, 5.41) is 0. The average molecular weight is 226 g/mol. The summed E-state index contributed by atoms with van der Waals surface area (Å²) in [6, 6.07) is 0.0728. The van der Waals surface area contributed by atoms with Crippen LogP contribution in [-0.2, 0) is 4.79 Å². The molecule has 94 valence electrons. The zero-order valence-electron chi connectivity index (χ0n) is 11.1. The van der Waals surface area contributed by atoms with E-state index in [0.717, 1.165) is 25.8 Å². The second-order valence-corrected chi connectivity index (χ2v) is 6.31. The van der Waals surface area contributed by atoms with Crippen LogP contribution in [0, 0.1) is 11.3 Å². The lowest BCUT2D eigenvalue weighted by Crippen LogP contribution is -2.46. The summed E-state index contributed by atoms with van der Waals surface area (Å²) in [6.07, 6.45) is 4.29. The Morgan fingerprint density at radius 3 is 2.38 bits per heavy atom. The SMILES string of the molecule is CN(CC(C)(C)C)C(=O)C1CCCCC1N. The van der Waals surface area contributed by atoms with Crippen LogP contribution < -0.4 is 5.73 Å². The Hall–Kier alpha value is -0.570. The minimum Gasteiger partial charge on any atom is -0.345 e. The fourth-order valence-corrected chi connectivity index (χ4v) is 2.54. The molecular weight excluding hydrogens is 200 g/mol. The summed E-state index contributed by atoms with van der Waals surface area (Å²) < 4.78 is 0. The summed E-state index contributed by atoms with van der Waals surface area (Å²) in [5.41, 5.74) is 6.19. The molecule has 1 fully saturated rings. The normalized spacial score (nSPS) is 26.6. The number of nitrogens with two attached hydrogens (primary N) is 1. The number of hydrogen-bond donors (Lipinski definition) is 1. The molecule has 0 aliphatic heterocycles. The van der Waals surface area contributed by atoms with Gasteiger partial charge in [-0.2, -0.15) is 0 Å². The summed E-state index contributed by atoms with van der Waals surface area (Å²) >= 11 is 0. The molecule has 16 heavy (non-hydrogen) atoms. The minimum atomic E-state index is 0.0566. The molecule has 1 amide bonds. The van der Waals surface area contributed by atoms with E-state index in [0.29, 0.717) is 0 Å². The van der Waals surface area contributed by atoms with Gasteiger partial charge in [-0.15, -0.1) is 0 Å². The Bertz CT molecular complexity index is 245. The molecule has 1 aliphatic rings. The Kier molecular flexibility index (Phi) is 4.36. The van der Waals surface area contributed by atoms with E-state index in [1.54, 1.807) is 0 Å². The van der Waals surface area contributed by atoms with E-state index in [2.05, 4.69) is 20.8 Å². The fourth-order valence-electron chi connectivity index (χ4n) is 2.54. The summed E-state index contributed by atoms with van der Waals surface area (Å²) in [4.78, 5) is 14.1. The first-order valence-electron chi connectivity index (χ1n) is 6.32. The molecule has 1 aliphatic carbocycles. The van der Waals surface area contributed by atoms with E-state index < -0.39 is 0 Å². The van der Waals surface area contributed by atoms with Crippen molar-refractivity contribution in [1.82, 2.24) is 4.90 Å². The van der Waals surface area contributed by atoms with Crippen molar-refractivity contribution >= 4 is 5.91 Å². The van der Waals surface area contributed by atoms with Crippen molar-refractivity contribution in [3.8, 4) is 0 Å². The Morgan fingerprint density at radius 1 is 1.31 bits per heavy atom. The third-order valence-electron chi connectivity index (χ3n) is 3.22. The lowest BCUT2D eigenvalue weighted by atomic mass is 9.83. The maximum atomic E-state index is 12.2. The molecular formula is C13H26N2O. The van der Waals surface area contributed by atoms with Gasteiger partial charge in [0, 0.05) is 19.6 Å². The van der Waals surface area contributed by atoms with Gasteiger partial charge in [-0.1, -0.05) is 33.6 Å². The quantitative estimate of drug-likeness (QED) is 0.783. The molecule has 0 aromatic carbocycles. The van der Waals surface area contributed by atoms with Crippen LogP contribution in [0.4, 0.5) is 0 Å². The molecule has 1 saturated carbocycles. The highest BCUT2D eigenvalue weighted by molar-refractivity contribution is 5.79. The standard InChI is InChI=1S/C13H26N2O/c1-13(2,3)9-15(4)12(16)10-7-5-6-8-11(10)14/h10-11H,5-9,14H2,1-4H3. The molecule has 0 bridgehead atoms. The van der Waals surface area contributed by atoms with Gasteiger partial charge in [-0.3, -0.25) is 4.79 Å². The zero-order valence-corrected chi connectivity index (χ0v) is 11.1.